The molecule has 0 bridgehead atoms. The Balaban J connectivity index is 2.66. The van der Waals surface area contributed by atoms with Crippen LogP contribution in [-0.2, 0) is 4.79 Å². The van der Waals surface area contributed by atoms with Crippen molar-refractivity contribution in [2.24, 2.45) is 0 Å². The standard InChI is InChI=1S/C14H20BrNO2S/c1-4-16(5-6-17)14(18)9-19-13-8-10(2)12(15)7-11(13)3/h7-8,17H,4-6,9H2,1-3H3. The Hall–Kier alpha value is -0.520. The number of carbonyl (C=O) groups excluding carboxylic acids is 1. The van der Waals surface area contributed by atoms with Gasteiger partial charge in [-0.1, -0.05) is 15.9 Å². The second kappa shape index (κ2) is 7.92. The van der Waals surface area contributed by atoms with Crippen LogP contribution in [0.3, 0.4) is 0 Å². The highest BCUT2D eigenvalue weighted by Gasteiger charge is 2.12. The summed E-state index contributed by atoms with van der Waals surface area (Å²) in [4.78, 5) is 14.8. The molecule has 0 fully saturated rings. The fourth-order valence-electron chi connectivity index (χ4n) is 1.72. The third-order valence-corrected chi connectivity index (χ3v) is 4.91. The lowest BCUT2D eigenvalue weighted by Crippen LogP contribution is -2.34. The molecule has 0 heterocycles. The van der Waals surface area contributed by atoms with Crippen molar-refractivity contribution < 1.29 is 9.90 Å². The number of thioether (sulfide) groups is 1. The number of rotatable bonds is 6. The van der Waals surface area contributed by atoms with Gasteiger partial charge in [-0.2, -0.15) is 0 Å². The maximum Gasteiger partial charge on any atom is 0.233 e. The van der Waals surface area contributed by atoms with Gasteiger partial charge in [-0.3, -0.25) is 4.79 Å². The first-order valence-corrected chi connectivity index (χ1v) is 8.05. The van der Waals surface area contributed by atoms with Crippen molar-refractivity contribution in [2.45, 2.75) is 25.7 Å². The van der Waals surface area contributed by atoms with E-state index < -0.39 is 0 Å². The molecule has 19 heavy (non-hydrogen) atoms. The summed E-state index contributed by atoms with van der Waals surface area (Å²) < 4.78 is 1.09. The van der Waals surface area contributed by atoms with E-state index in [-0.39, 0.29) is 12.5 Å². The van der Waals surface area contributed by atoms with Crippen LogP contribution < -0.4 is 0 Å². The van der Waals surface area contributed by atoms with E-state index in [0.29, 0.717) is 18.8 Å². The van der Waals surface area contributed by atoms with Gasteiger partial charge in [-0.15, -0.1) is 11.8 Å². The van der Waals surface area contributed by atoms with Crippen molar-refractivity contribution in [2.75, 3.05) is 25.4 Å². The minimum absolute atomic E-state index is 0.0145. The first-order chi connectivity index (χ1) is 8.99. The number of carbonyl (C=O) groups is 1. The predicted octanol–water partition coefficient (Wildman–Crippen LogP) is 3.00. The zero-order valence-corrected chi connectivity index (χ0v) is 14.0. The first-order valence-electron chi connectivity index (χ1n) is 6.27. The molecular formula is C14H20BrNO2S. The van der Waals surface area contributed by atoms with E-state index in [1.165, 1.54) is 11.1 Å². The minimum Gasteiger partial charge on any atom is -0.395 e. The number of aryl methyl sites for hydroxylation is 2. The van der Waals surface area contributed by atoms with Crippen molar-refractivity contribution in [3.8, 4) is 0 Å². The minimum atomic E-state index is 0.0145. The molecule has 0 saturated heterocycles. The van der Waals surface area contributed by atoms with Gasteiger partial charge in [0.2, 0.25) is 5.91 Å². The lowest BCUT2D eigenvalue weighted by Gasteiger charge is -2.19. The fraction of sp³-hybridized carbons (Fsp3) is 0.500. The maximum absolute atomic E-state index is 12.0. The molecule has 0 atom stereocenters. The molecule has 0 spiro atoms. The number of amides is 1. The second-order valence-electron chi connectivity index (χ2n) is 4.35. The average molecular weight is 346 g/mol. The fourth-order valence-corrected chi connectivity index (χ4v) is 3.19. The van der Waals surface area contributed by atoms with Crippen LogP contribution in [0, 0.1) is 13.8 Å². The van der Waals surface area contributed by atoms with Crippen LogP contribution in [-0.4, -0.2) is 41.4 Å². The Kier molecular flexibility index (Phi) is 6.89. The van der Waals surface area contributed by atoms with Crippen molar-refractivity contribution in [3.63, 3.8) is 0 Å². The highest BCUT2D eigenvalue weighted by Crippen LogP contribution is 2.28. The Labute approximate surface area is 127 Å². The Bertz CT molecular complexity index is 451. The molecule has 106 valence electrons. The zero-order valence-electron chi connectivity index (χ0n) is 11.6. The van der Waals surface area contributed by atoms with Gasteiger partial charge >= 0.3 is 0 Å². The third kappa shape index (κ3) is 4.82. The van der Waals surface area contributed by atoms with Crippen LogP contribution >= 0.6 is 27.7 Å². The lowest BCUT2D eigenvalue weighted by molar-refractivity contribution is -0.128. The second-order valence-corrected chi connectivity index (χ2v) is 6.22. The monoisotopic (exact) mass is 345 g/mol. The summed E-state index contributed by atoms with van der Waals surface area (Å²) in [5.74, 6) is 0.483. The molecule has 0 aliphatic carbocycles. The van der Waals surface area contributed by atoms with Gasteiger partial charge in [-0.25, -0.2) is 0 Å². The molecule has 0 aliphatic heterocycles. The van der Waals surface area contributed by atoms with E-state index in [1.54, 1.807) is 16.7 Å². The number of likely N-dealkylation sites (N-methyl/N-ethyl adjacent to an activating group) is 1. The summed E-state index contributed by atoms with van der Waals surface area (Å²) in [6.45, 7) is 7.07. The molecule has 5 heteroatoms. The quantitative estimate of drug-likeness (QED) is 0.805. The average Bonchev–Trinajstić information content (AvgIpc) is 2.38. The number of aliphatic hydroxyl groups excluding tert-OH is 1. The van der Waals surface area contributed by atoms with E-state index >= 15 is 0 Å². The van der Waals surface area contributed by atoms with E-state index in [4.69, 9.17) is 5.11 Å². The van der Waals surface area contributed by atoms with Crippen LogP contribution in [0.1, 0.15) is 18.1 Å². The highest BCUT2D eigenvalue weighted by atomic mass is 79.9. The van der Waals surface area contributed by atoms with E-state index in [2.05, 4.69) is 28.1 Å². The summed E-state index contributed by atoms with van der Waals surface area (Å²) in [6, 6.07) is 4.17. The van der Waals surface area contributed by atoms with E-state index in [9.17, 15) is 4.79 Å². The van der Waals surface area contributed by atoms with Crippen LogP contribution in [0.15, 0.2) is 21.5 Å². The molecule has 1 aromatic rings. The smallest absolute Gasteiger partial charge is 0.233 e. The number of benzene rings is 1. The summed E-state index contributed by atoms with van der Waals surface area (Å²) in [5.41, 5.74) is 2.34. The van der Waals surface area contributed by atoms with Gasteiger partial charge < -0.3 is 10.0 Å². The van der Waals surface area contributed by atoms with Gasteiger partial charge in [0.1, 0.15) is 0 Å². The maximum atomic E-state index is 12.0. The molecule has 3 nitrogen and oxygen atoms in total. The van der Waals surface area contributed by atoms with Crippen molar-refractivity contribution in [3.05, 3.63) is 27.7 Å². The topological polar surface area (TPSA) is 40.5 Å². The Morgan fingerprint density at radius 1 is 1.37 bits per heavy atom. The van der Waals surface area contributed by atoms with Gasteiger partial charge in [-0.05, 0) is 44.0 Å². The summed E-state index contributed by atoms with van der Waals surface area (Å²) in [6.07, 6.45) is 0. The number of hydrogen-bond donors (Lipinski definition) is 1. The first kappa shape index (κ1) is 16.5. The van der Waals surface area contributed by atoms with Crippen LogP contribution in [0.5, 0.6) is 0 Å². The van der Waals surface area contributed by atoms with Gasteiger partial charge in [0.25, 0.3) is 0 Å². The molecular weight excluding hydrogens is 326 g/mol. The molecule has 0 aromatic heterocycles. The molecule has 0 aliphatic rings. The molecule has 1 N–H and O–H groups in total. The number of nitrogens with zero attached hydrogens (tertiary/aromatic N) is 1. The van der Waals surface area contributed by atoms with Gasteiger partial charge in [0.15, 0.2) is 0 Å². The summed E-state index contributed by atoms with van der Waals surface area (Å²) in [7, 11) is 0. The third-order valence-electron chi connectivity index (χ3n) is 2.91. The van der Waals surface area contributed by atoms with Crippen LogP contribution in [0.2, 0.25) is 0 Å². The Morgan fingerprint density at radius 3 is 2.63 bits per heavy atom. The summed E-state index contributed by atoms with van der Waals surface area (Å²) >= 11 is 5.06. The molecule has 0 unspecified atom stereocenters. The molecule has 1 amide bonds. The largest absolute Gasteiger partial charge is 0.395 e. The predicted molar refractivity (Wildman–Crippen MR) is 83.7 cm³/mol. The van der Waals surface area contributed by atoms with Gasteiger partial charge in [0.05, 0.1) is 12.4 Å². The highest BCUT2D eigenvalue weighted by molar-refractivity contribution is 9.10. The number of hydrogen-bond acceptors (Lipinski definition) is 3. The molecule has 0 radical (unpaired) electrons. The molecule has 1 rings (SSSR count). The van der Waals surface area contributed by atoms with Crippen molar-refractivity contribution in [1.82, 2.24) is 4.90 Å². The SMILES string of the molecule is CCN(CCO)C(=O)CSc1cc(C)c(Br)cc1C. The van der Waals surface area contributed by atoms with Crippen molar-refractivity contribution >= 4 is 33.6 Å². The van der Waals surface area contributed by atoms with Crippen molar-refractivity contribution in [1.29, 1.82) is 0 Å². The van der Waals surface area contributed by atoms with Crippen LogP contribution in [0.4, 0.5) is 0 Å². The lowest BCUT2D eigenvalue weighted by atomic mass is 10.2. The molecule has 0 saturated carbocycles. The van der Waals surface area contributed by atoms with E-state index in [0.717, 1.165) is 9.37 Å². The van der Waals surface area contributed by atoms with Crippen LogP contribution in [0.25, 0.3) is 0 Å². The number of halogens is 1. The number of aliphatic hydroxyl groups is 1. The summed E-state index contributed by atoms with van der Waals surface area (Å²) in [5, 5.41) is 8.91. The normalized spacial score (nSPS) is 10.6. The zero-order chi connectivity index (χ0) is 14.4. The molecule has 1 aromatic carbocycles. The van der Waals surface area contributed by atoms with E-state index in [1.807, 2.05) is 20.8 Å². The Morgan fingerprint density at radius 2 is 2.05 bits per heavy atom. The van der Waals surface area contributed by atoms with Gasteiger partial charge in [0, 0.05) is 22.5 Å².